The van der Waals surface area contributed by atoms with Gasteiger partial charge in [-0.15, -0.1) is 0 Å². The Labute approximate surface area is 108 Å². The molecule has 1 aliphatic heterocycles. The zero-order valence-electron chi connectivity index (χ0n) is 10.9. The summed E-state index contributed by atoms with van der Waals surface area (Å²) in [4.78, 5) is 16.4. The highest BCUT2D eigenvalue weighted by Crippen LogP contribution is 2.10. The SMILES string of the molecule is CN1CCCN(C(=O)Cc2cccc(N)c2)CC1. The van der Waals surface area contributed by atoms with Gasteiger partial charge < -0.3 is 15.5 Å². The lowest BCUT2D eigenvalue weighted by Crippen LogP contribution is -2.35. The van der Waals surface area contributed by atoms with Crippen LogP contribution in [0.5, 0.6) is 0 Å². The van der Waals surface area contributed by atoms with Crippen LogP contribution in [0, 0.1) is 0 Å². The van der Waals surface area contributed by atoms with Gasteiger partial charge in [0.25, 0.3) is 0 Å². The van der Waals surface area contributed by atoms with Crippen molar-refractivity contribution >= 4 is 11.6 Å². The third-order valence-corrected chi connectivity index (χ3v) is 3.38. The molecule has 0 radical (unpaired) electrons. The highest BCUT2D eigenvalue weighted by atomic mass is 16.2. The molecule has 1 aromatic carbocycles. The van der Waals surface area contributed by atoms with E-state index >= 15 is 0 Å². The topological polar surface area (TPSA) is 49.6 Å². The van der Waals surface area contributed by atoms with Gasteiger partial charge in [-0.05, 0) is 37.7 Å². The number of nitrogen functional groups attached to an aromatic ring is 1. The predicted molar refractivity (Wildman–Crippen MR) is 73.3 cm³/mol. The number of nitrogens with two attached hydrogens (primary N) is 1. The van der Waals surface area contributed by atoms with Crippen molar-refractivity contribution < 1.29 is 4.79 Å². The Kier molecular flexibility index (Phi) is 4.20. The molecule has 2 N–H and O–H groups in total. The van der Waals surface area contributed by atoms with Crippen molar-refractivity contribution in [2.75, 3.05) is 39.0 Å². The minimum atomic E-state index is 0.205. The van der Waals surface area contributed by atoms with E-state index in [-0.39, 0.29) is 5.91 Å². The van der Waals surface area contributed by atoms with Gasteiger partial charge in [0.05, 0.1) is 6.42 Å². The molecule has 0 aliphatic carbocycles. The third kappa shape index (κ3) is 3.47. The lowest BCUT2D eigenvalue weighted by molar-refractivity contribution is -0.130. The van der Waals surface area contributed by atoms with Crippen LogP contribution in [-0.2, 0) is 11.2 Å². The molecule has 0 atom stereocenters. The molecule has 1 saturated heterocycles. The second kappa shape index (κ2) is 5.87. The molecule has 0 bridgehead atoms. The largest absolute Gasteiger partial charge is 0.399 e. The third-order valence-electron chi connectivity index (χ3n) is 3.38. The van der Waals surface area contributed by atoms with Gasteiger partial charge in [-0.1, -0.05) is 12.1 Å². The first-order valence-corrected chi connectivity index (χ1v) is 6.46. The highest BCUT2D eigenvalue weighted by molar-refractivity contribution is 5.79. The van der Waals surface area contributed by atoms with E-state index in [9.17, 15) is 4.79 Å². The second-order valence-corrected chi connectivity index (χ2v) is 4.96. The molecule has 18 heavy (non-hydrogen) atoms. The average Bonchev–Trinajstić information content (AvgIpc) is 2.54. The Morgan fingerprint density at radius 3 is 2.89 bits per heavy atom. The normalized spacial score (nSPS) is 17.5. The van der Waals surface area contributed by atoms with Crippen molar-refractivity contribution in [2.24, 2.45) is 0 Å². The predicted octanol–water partition coefficient (Wildman–Crippen LogP) is 0.975. The molecule has 0 unspecified atom stereocenters. The number of nitrogens with zero attached hydrogens (tertiary/aromatic N) is 2. The molecule has 4 heteroatoms. The number of hydrogen-bond acceptors (Lipinski definition) is 3. The monoisotopic (exact) mass is 247 g/mol. The first-order chi connectivity index (χ1) is 8.65. The van der Waals surface area contributed by atoms with E-state index in [4.69, 9.17) is 5.73 Å². The van der Waals surface area contributed by atoms with E-state index in [0.29, 0.717) is 6.42 Å². The Bertz CT molecular complexity index is 419. The zero-order chi connectivity index (χ0) is 13.0. The van der Waals surface area contributed by atoms with Crippen LogP contribution < -0.4 is 5.73 Å². The molecular weight excluding hydrogens is 226 g/mol. The van der Waals surface area contributed by atoms with Crippen LogP contribution >= 0.6 is 0 Å². The number of hydrogen-bond donors (Lipinski definition) is 1. The summed E-state index contributed by atoms with van der Waals surface area (Å²) in [5.74, 6) is 0.205. The molecule has 0 aromatic heterocycles. The molecule has 98 valence electrons. The first kappa shape index (κ1) is 12.9. The van der Waals surface area contributed by atoms with Gasteiger partial charge in [0, 0.05) is 25.3 Å². The summed E-state index contributed by atoms with van der Waals surface area (Å²) in [6.45, 7) is 3.73. The van der Waals surface area contributed by atoms with Gasteiger partial charge >= 0.3 is 0 Å². The van der Waals surface area contributed by atoms with Crippen LogP contribution in [0.4, 0.5) is 5.69 Å². The molecule has 1 aliphatic rings. The van der Waals surface area contributed by atoms with E-state index in [1.54, 1.807) is 0 Å². The molecule has 1 fully saturated rings. The number of amides is 1. The maximum atomic E-state index is 12.2. The maximum Gasteiger partial charge on any atom is 0.227 e. The van der Waals surface area contributed by atoms with Crippen LogP contribution in [0.25, 0.3) is 0 Å². The van der Waals surface area contributed by atoms with Crippen LogP contribution in [0.15, 0.2) is 24.3 Å². The fourth-order valence-electron chi connectivity index (χ4n) is 2.29. The van der Waals surface area contributed by atoms with Crippen molar-refractivity contribution in [2.45, 2.75) is 12.8 Å². The maximum absolute atomic E-state index is 12.2. The zero-order valence-corrected chi connectivity index (χ0v) is 10.9. The summed E-state index contributed by atoms with van der Waals surface area (Å²) in [6, 6.07) is 7.57. The average molecular weight is 247 g/mol. The van der Waals surface area contributed by atoms with Crippen LogP contribution in [0.2, 0.25) is 0 Å². The minimum Gasteiger partial charge on any atom is -0.399 e. The van der Waals surface area contributed by atoms with Gasteiger partial charge in [0.15, 0.2) is 0 Å². The molecule has 1 aromatic rings. The fraction of sp³-hybridized carbons (Fsp3) is 0.500. The molecule has 1 amide bonds. The lowest BCUT2D eigenvalue weighted by Gasteiger charge is -2.20. The van der Waals surface area contributed by atoms with Gasteiger partial charge in [-0.25, -0.2) is 0 Å². The Hall–Kier alpha value is -1.55. The van der Waals surface area contributed by atoms with Crippen LogP contribution in [-0.4, -0.2) is 48.9 Å². The van der Waals surface area contributed by atoms with Crippen molar-refractivity contribution in [3.63, 3.8) is 0 Å². The van der Waals surface area contributed by atoms with E-state index < -0.39 is 0 Å². The molecule has 2 rings (SSSR count). The van der Waals surface area contributed by atoms with E-state index in [1.807, 2.05) is 29.2 Å². The smallest absolute Gasteiger partial charge is 0.227 e. The standard InChI is InChI=1S/C14H21N3O/c1-16-6-3-7-17(9-8-16)14(18)11-12-4-2-5-13(15)10-12/h2,4-5,10H,3,6-9,11,15H2,1H3. The molecular formula is C14H21N3O. The molecule has 1 heterocycles. The van der Waals surface area contributed by atoms with Crippen LogP contribution in [0.3, 0.4) is 0 Å². The summed E-state index contributed by atoms with van der Waals surface area (Å²) in [5, 5.41) is 0. The number of rotatable bonds is 2. The molecule has 0 spiro atoms. The number of anilines is 1. The highest BCUT2D eigenvalue weighted by Gasteiger charge is 2.17. The van der Waals surface area contributed by atoms with E-state index in [0.717, 1.165) is 43.9 Å². The second-order valence-electron chi connectivity index (χ2n) is 4.96. The summed E-state index contributed by atoms with van der Waals surface area (Å²) >= 11 is 0. The van der Waals surface area contributed by atoms with Gasteiger partial charge in [0.2, 0.25) is 5.91 Å². The van der Waals surface area contributed by atoms with Crippen molar-refractivity contribution in [1.29, 1.82) is 0 Å². The number of likely N-dealkylation sites (N-methyl/N-ethyl adjacent to an activating group) is 1. The Morgan fingerprint density at radius 2 is 2.11 bits per heavy atom. The Morgan fingerprint density at radius 1 is 1.28 bits per heavy atom. The summed E-state index contributed by atoms with van der Waals surface area (Å²) < 4.78 is 0. The van der Waals surface area contributed by atoms with Gasteiger partial charge in [-0.3, -0.25) is 4.79 Å². The van der Waals surface area contributed by atoms with Crippen molar-refractivity contribution in [3.05, 3.63) is 29.8 Å². The van der Waals surface area contributed by atoms with E-state index in [2.05, 4.69) is 11.9 Å². The fourth-order valence-corrected chi connectivity index (χ4v) is 2.29. The van der Waals surface area contributed by atoms with Gasteiger partial charge in [-0.2, -0.15) is 0 Å². The van der Waals surface area contributed by atoms with E-state index in [1.165, 1.54) is 0 Å². The van der Waals surface area contributed by atoms with Gasteiger partial charge in [0.1, 0.15) is 0 Å². The lowest BCUT2D eigenvalue weighted by atomic mass is 10.1. The molecule has 4 nitrogen and oxygen atoms in total. The minimum absolute atomic E-state index is 0.205. The quantitative estimate of drug-likeness (QED) is 0.792. The summed E-state index contributed by atoms with van der Waals surface area (Å²) in [7, 11) is 2.10. The number of carbonyl (C=O) groups is 1. The number of carbonyl (C=O) groups excluding carboxylic acids is 1. The van der Waals surface area contributed by atoms with Crippen molar-refractivity contribution in [3.8, 4) is 0 Å². The van der Waals surface area contributed by atoms with Crippen LogP contribution in [0.1, 0.15) is 12.0 Å². The Balaban J connectivity index is 1.95. The summed E-state index contributed by atoms with van der Waals surface area (Å²) in [5.41, 5.74) is 7.44. The summed E-state index contributed by atoms with van der Waals surface area (Å²) in [6.07, 6.45) is 1.51. The molecule has 0 saturated carbocycles. The number of benzene rings is 1. The first-order valence-electron chi connectivity index (χ1n) is 6.46. The van der Waals surface area contributed by atoms with Crippen molar-refractivity contribution in [1.82, 2.24) is 9.80 Å².